The third-order valence-corrected chi connectivity index (χ3v) is 3.61. The van der Waals surface area contributed by atoms with Crippen molar-refractivity contribution in [3.63, 3.8) is 0 Å². The summed E-state index contributed by atoms with van der Waals surface area (Å²) in [5, 5.41) is 3.38. The van der Waals surface area contributed by atoms with Gasteiger partial charge in [-0.15, -0.1) is 0 Å². The van der Waals surface area contributed by atoms with E-state index in [4.69, 9.17) is 0 Å². The molecule has 100 valence electrons. The van der Waals surface area contributed by atoms with Crippen molar-refractivity contribution in [1.29, 1.82) is 0 Å². The molecule has 18 heavy (non-hydrogen) atoms. The fraction of sp³-hybridized carbons (Fsp3) is 0.571. The Labute approximate surface area is 107 Å². The number of nitrogens with zero attached hydrogens (tertiary/aromatic N) is 1. The van der Waals surface area contributed by atoms with Crippen LogP contribution in [0.3, 0.4) is 0 Å². The van der Waals surface area contributed by atoms with E-state index in [-0.39, 0.29) is 5.56 Å². The van der Waals surface area contributed by atoms with Gasteiger partial charge in [0.15, 0.2) is 0 Å². The zero-order valence-electron chi connectivity index (χ0n) is 10.9. The lowest BCUT2D eigenvalue weighted by atomic mass is 10.1. The van der Waals surface area contributed by atoms with Crippen LogP contribution in [0.25, 0.3) is 0 Å². The van der Waals surface area contributed by atoms with E-state index in [1.54, 1.807) is 0 Å². The van der Waals surface area contributed by atoms with Crippen molar-refractivity contribution in [2.45, 2.75) is 38.9 Å². The highest BCUT2D eigenvalue weighted by molar-refractivity contribution is 5.23. The zero-order chi connectivity index (χ0) is 13.1. The molecular formula is C14H20F2N2. The lowest BCUT2D eigenvalue weighted by Gasteiger charge is -2.39. The fourth-order valence-electron chi connectivity index (χ4n) is 2.46. The number of piperazine rings is 1. The quantitative estimate of drug-likeness (QED) is 0.892. The summed E-state index contributed by atoms with van der Waals surface area (Å²) in [6.45, 7) is 7.18. The van der Waals surface area contributed by atoms with Crippen LogP contribution in [-0.2, 0) is 6.54 Å². The van der Waals surface area contributed by atoms with Crippen LogP contribution < -0.4 is 5.32 Å². The topological polar surface area (TPSA) is 15.3 Å². The molecule has 1 saturated heterocycles. The molecule has 0 saturated carbocycles. The van der Waals surface area contributed by atoms with E-state index in [1.165, 1.54) is 12.1 Å². The standard InChI is InChI=1S/C14H20F2N2/c1-10-7-17-8-11(2)18(10)9-12-3-5-13(6-4-12)14(15)16/h3-6,10-11,14,17H,7-9H2,1-2H3/t10-,11+. The molecule has 1 heterocycles. The Morgan fingerprint density at radius 2 is 1.72 bits per heavy atom. The number of alkyl halides is 2. The highest BCUT2D eigenvalue weighted by atomic mass is 19.3. The summed E-state index contributed by atoms with van der Waals surface area (Å²) in [5.41, 5.74) is 1.19. The number of rotatable bonds is 3. The molecule has 0 bridgehead atoms. The van der Waals surface area contributed by atoms with E-state index in [1.807, 2.05) is 12.1 Å². The van der Waals surface area contributed by atoms with Gasteiger partial charge in [0.2, 0.25) is 0 Å². The number of hydrogen-bond donors (Lipinski definition) is 1. The minimum absolute atomic E-state index is 0.0974. The van der Waals surface area contributed by atoms with E-state index < -0.39 is 6.43 Å². The predicted molar refractivity (Wildman–Crippen MR) is 68.7 cm³/mol. The van der Waals surface area contributed by atoms with E-state index in [0.717, 1.165) is 25.2 Å². The van der Waals surface area contributed by atoms with Gasteiger partial charge in [0.1, 0.15) is 0 Å². The lowest BCUT2D eigenvalue weighted by Crippen LogP contribution is -2.54. The van der Waals surface area contributed by atoms with Crippen LogP contribution in [0.4, 0.5) is 8.78 Å². The average molecular weight is 254 g/mol. The average Bonchev–Trinajstić information content (AvgIpc) is 2.34. The summed E-state index contributed by atoms with van der Waals surface area (Å²) in [5.74, 6) is 0. The van der Waals surface area contributed by atoms with Gasteiger partial charge >= 0.3 is 0 Å². The predicted octanol–water partition coefficient (Wildman–Crippen LogP) is 2.81. The van der Waals surface area contributed by atoms with Crippen molar-refractivity contribution < 1.29 is 8.78 Å². The van der Waals surface area contributed by atoms with E-state index in [9.17, 15) is 8.78 Å². The summed E-state index contributed by atoms with van der Waals surface area (Å²) in [7, 11) is 0. The SMILES string of the molecule is C[C@@H]1CNC[C@H](C)N1Cc1ccc(C(F)F)cc1. The Kier molecular flexibility index (Phi) is 4.30. The van der Waals surface area contributed by atoms with Crippen molar-refractivity contribution in [2.24, 2.45) is 0 Å². The monoisotopic (exact) mass is 254 g/mol. The van der Waals surface area contributed by atoms with Gasteiger partial charge in [-0.2, -0.15) is 0 Å². The number of nitrogens with one attached hydrogen (secondary N) is 1. The largest absolute Gasteiger partial charge is 0.314 e. The minimum Gasteiger partial charge on any atom is -0.314 e. The van der Waals surface area contributed by atoms with Gasteiger partial charge in [0, 0.05) is 37.3 Å². The molecule has 1 aliphatic rings. The van der Waals surface area contributed by atoms with Crippen LogP contribution in [0.1, 0.15) is 31.4 Å². The van der Waals surface area contributed by atoms with Crippen LogP contribution >= 0.6 is 0 Å². The third kappa shape index (κ3) is 3.06. The molecule has 1 N–H and O–H groups in total. The number of halogens is 2. The fourth-order valence-corrected chi connectivity index (χ4v) is 2.46. The number of hydrogen-bond acceptors (Lipinski definition) is 2. The number of benzene rings is 1. The maximum absolute atomic E-state index is 12.5. The second-order valence-electron chi connectivity index (χ2n) is 5.07. The molecule has 0 aliphatic carbocycles. The molecule has 2 nitrogen and oxygen atoms in total. The van der Waals surface area contributed by atoms with Crippen LogP contribution in [-0.4, -0.2) is 30.1 Å². The first-order valence-corrected chi connectivity index (χ1v) is 6.41. The summed E-state index contributed by atoms with van der Waals surface area (Å²) < 4.78 is 24.9. The first-order chi connectivity index (χ1) is 8.58. The molecule has 1 fully saturated rings. The summed E-state index contributed by atoms with van der Waals surface area (Å²) in [6, 6.07) is 7.62. The molecule has 1 aromatic carbocycles. The molecule has 0 radical (unpaired) electrons. The summed E-state index contributed by atoms with van der Waals surface area (Å²) in [6.07, 6.45) is -2.38. The molecule has 0 aromatic heterocycles. The van der Waals surface area contributed by atoms with Gasteiger partial charge in [-0.3, -0.25) is 4.90 Å². The maximum Gasteiger partial charge on any atom is 0.263 e. The molecule has 0 amide bonds. The second kappa shape index (κ2) is 5.76. The van der Waals surface area contributed by atoms with Gasteiger partial charge in [0.25, 0.3) is 6.43 Å². The van der Waals surface area contributed by atoms with Crippen molar-refractivity contribution in [2.75, 3.05) is 13.1 Å². The maximum atomic E-state index is 12.5. The zero-order valence-corrected chi connectivity index (χ0v) is 10.9. The lowest BCUT2D eigenvalue weighted by molar-refractivity contribution is 0.108. The van der Waals surface area contributed by atoms with Gasteiger partial charge < -0.3 is 5.32 Å². The first kappa shape index (κ1) is 13.4. The normalized spacial score (nSPS) is 25.6. The highest BCUT2D eigenvalue weighted by Crippen LogP contribution is 2.20. The van der Waals surface area contributed by atoms with Crippen LogP contribution in [0, 0.1) is 0 Å². The Balaban J connectivity index is 2.03. The van der Waals surface area contributed by atoms with Gasteiger partial charge in [-0.1, -0.05) is 24.3 Å². The van der Waals surface area contributed by atoms with E-state index in [2.05, 4.69) is 24.1 Å². The van der Waals surface area contributed by atoms with Crippen molar-refractivity contribution in [3.05, 3.63) is 35.4 Å². The molecular weight excluding hydrogens is 234 g/mol. The molecule has 2 atom stereocenters. The molecule has 0 unspecified atom stereocenters. The van der Waals surface area contributed by atoms with Crippen molar-refractivity contribution >= 4 is 0 Å². The van der Waals surface area contributed by atoms with Crippen molar-refractivity contribution in [3.8, 4) is 0 Å². The van der Waals surface area contributed by atoms with Gasteiger partial charge in [-0.05, 0) is 19.4 Å². The smallest absolute Gasteiger partial charge is 0.263 e. The van der Waals surface area contributed by atoms with E-state index >= 15 is 0 Å². The van der Waals surface area contributed by atoms with Gasteiger partial charge in [-0.25, -0.2) is 8.78 Å². The second-order valence-corrected chi connectivity index (χ2v) is 5.07. The molecule has 0 spiro atoms. The van der Waals surface area contributed by atoms with E-state index in [0.29, 0.717) is 12.1 Å². The minimum atomic E-state index is -2.38. The first-order valence-electron chi connectivity index (χ1n) is 6.41. The highest BCUT2D eigenvalue weighted by Gasteiger charge is 2.24. The van der Waals surface area contributed by atoms with Crippen molar-refractivity contribution in [1.82, 2.24) is 10.2 Å². The molecule has 2 rings (SSSR count). The molecule has 1 aromatic rings. The summed E-state index contributed by atoms with van der Waals surface area (Å²) in [4.78, 5) is 2.41. The Morgan fingerprint density at radius 3 is 2.22 bits per heavy atom. The van der Waals surface area contributed by atoms with Crippen LogP contribution in [0.15, 0.2) is 24.3 Å². The molecule has 4 heteroatoms. The Bertz CT molecular complexity index is 368. The Morgan fingerprint density at radius 1 is 1.17 bits per heavy atom. The van der Waals surface area contributed by atoms with Gasteiger partial charge in [0.05, 0.1) is 0 Å². The Hall–Kier alpha value is -1.00. The molecule has 1 aliphatic heterocycles. The van der Waals surface area contributed by atoms with Crippen LogP contribution in [0.5, 0.6) is 0 Å². The van der Waals surface area contributed by atoms with Crippen LogP contribution in [0.2, 0.25) is 0 Å². The third-order valence-electron chi connectivity index (χ3n) is 3.61. The summed E-state index contributed by atoms with van der Waals surface area (Å²) >= 11 is 0.